The molecule has 0 amide bonds. The second-order valence-corrected chi connectivity index (χ2v) is 5.20. The van der Waals surface area contributed by atoms with E-state index in [1.54, 1.807) is 0 Å². The Hall–Kier alpha value is -0.910. The first-order valence-corrected chi connectivity index (χ1v) is 7.21. The van der Waals surface area contributed by atoms with Gasteiger partial charge in [0.25, 0.3) is 0 Å². The first kappa shape index (κ1) is 14.5. The smallest absolute Gasteiger partial charge is 0.111 e. The summed E-state index contributed by atoms with van der Waals surface area (Å²) in [7, 11) is 0. The number of hydrogen-bond acceptors (Lipinski definition) is 4. The highest BCUT2D eigenvalue weighted by molar-refractivity contribution is 5.04. The number of aryl methyl sites for hydroxylation is 1. The van der Waals surface area contributed by atoms with E-state index in [1.807, 2.05) is 12.5 Å². The molecule has 0 aromatic carbocycles. The Kier molecular flexibility index (Phi) is 5.82. The van der Waals surface area contributed by atoms with E-state index >= 15 is 0 Å². The van der Waals surface area contributed by atoms with Gasteiger partial charge in [-0.3, -0.25) is 0 Å². The summed E-state index contributed by atoms with van der Waals surface area (Å²) in [5.74, 6) is 0. The number of unbranched alkanes of at least 4 members (excludes halogenated alkanes) is 1. The van der Waals surface area contributed by atoms with E-state index in [1.165, 1.54) is 5.69 Å². The molecule has 0 radical (unpaired) electrons. The maximum Gasteiger partial charge on any atom is 0.111 e. The molecule has 2 rings (SSSR count). The van der Waals surface area contributed by atoms with Gasteiger partial charge in [-0.1, -0.05) is 0 Å². The van der Waals surface area contributed by atoms with Crippen LogP contribution in [0.15, 0.2) is 12.5 Å². The van der Waals surface area contributed by atoms with Crippen LogP contribution in [-0.2, 0) is 16.0 Å². The van der Waals surface area contributed by atoms with Gasteiger partial charge >= 0.3 is 0 Å². The van der Waals surface area contributed by atoms with Gasteiger partial charge in [0.15, 0.2) is 0 Å². The minimum absolute atomic E-state index is 0.142. The summed E-state index contributed by atoms with van der Waals surface area (Å²) in [5, 5.41) is 3.35. The minimum atomic E-state index is 0.142. The van der Waals surface area contributed by atoms with Crippen LogP contribution in [0.5, 0.6) is 0 Å². The van der Waals surface area contributed by atoms with Gasteiger partial charge < -0.3 is 19.4 Å². The number of rotatable bonds is 7. The lowest BCUT2D eigenvalue weighted by molar-refractivity contribution is 0.0226. The summed E-state index contributed by atoms with van der Waals surface area (Å²) in [6.07, 6.45) is 6.47. The molecule has 1 aromatic heterocycles. The number of nitrogens with zero attached hydrogens (tertiary/aromatic N) is 2. The molecule has 1 atom stereocenters. The first-order valence-electron chi connectivity index (χ1n) is 7.21. The lowest BCUT2D eigenvalue weighted by Gasteiger charge is -2.24. The Morgan fingerprint density at radius 2 is 2.42 bits per heavy atom. The van der Waals surface area contributed by atoms with Crippen LogP contribution in [-0.4, -0.2) is 42.0 Å². The van der Waals surface area contributed by atoms with Gasteiger partial charge in [0.1, 0.15) is 6.10 Å². The van der Waals surface area contributed by atoms with E-state index in [0.717, 1.165) is 45.7 Å². The monoisotopic (exact) mass is 267 g/mol. The molecule has 0 bridgehead atoms. The first-order chi connectivity index (χ1) is 9.27. The highest BCUT2D eigenvalue weighted by Gasteiger charge is 2.19. The molecule has 5 nitrogen and oxygen atoms in total. The van der Waals surface area contributed by atoms with E-state index in [4.69, 9.17) is 9.47 Å². The third-order valence-electron chi connectivity index (χ3n) is 3.25. The molecule has 1 fully saturated rings. The standard InChI is InChI=1S/C14H25N3O2/c1-12(2)18-7-4-3-6-17-11-16-9-13(17)14-10-15-5-8-19-14/h9,11-12,14-15H,3-8,10H2,1-2H3. The van der Waals surface area contributed by atoms with Gasteiger partial charge in [-0.05, 0) is 26.7 Å². The highest BCUT2D eigenvalue weighted by Crippen LogP contribution is 2.18. The zero-order valence-electron chi connectivity index (χ0n) is 12.0. The maximum atomic E-state index is 5.77. The summed E-state index contributed by atoms with van der Waals surface area (Å²) in [6.45, 7) is 8.56. The molecule has 2 heterocycles. The van der Waals surface area contributed by atoms with Gasteiger partial charge in [0.05, 0.1) is 30.9 Å². The molecule has 1 aliphatic heterocycles. The van der Waals surface area contributed by atoms with Crippen molar-refractivity contribution in [3.8, 4) is 0 Å². The molecule has 1 N–H and O–H groups in total. The molecule has 1 aromatic rings. The van der Waals surface area contributed by atoms with Crippen molar-refractivity contribution in [3.63, 3.8) is 0 Å². The Bertz CT molecular complexity index is 359. The third kappa shape index (κ3) is 4.60. The second-order valence-electron chi connectivity index (χ2n) is 5.20. The summed E-state index contributed by atoms with van der Waals surface area (Å²) in [5.41, 5.74) is 1.18. The van der Waals surface area contributed by atoms with Crippen LogP contribution in [0, 0.1) is 0 Å². The minimum Gasteiger partial charge on any atom is -0.379 e. The van der Waals surface area contributed by atoms with Crippen LogP contribution < -0.4 is 5.32 Å². The fourth-order valence-electron chi connectivity index (χ4n) is 2.24. The lowest BCUT2D eigenvalue weighted by atomic mass is 10.2. The van der Waals surface area contributed by atoms with E-state index < -0.39 is 0 Å². The number of nitrogens with one attached hydrogen (secondary N) is 1. The SMILES string of the molecule is CC(C)OCCCCn1cncc1C1CNCCO1. The van der Waals surface area contributed by atoms with Crippen molar-refractivity contribution in [2.24, 2.45) is 0 Å². The zero-order chi connectivity index (χ0) is 13.5. The van der Waals surface area contributed by atoms with E-state index in [2.05, 4.69) is 28.7 Å². The van der Waals surface area contributed by atoms with Gasteiger partial charge in [-0.15, -0.1) is 0 Å². The summed E-state index contributed by atoms with van der Waals surface area (Å²) < 4.78 is 13.5. The highest BCUT2D eigenvalue weighted by atomic mass is 16.5. The Morgan fingerprint density at radius 3 is 3.16 bits per heavy atom. The van der Waals surface area contributed by atoms with Crippen LogP contribution >= 0.6 is 0 Å². The molecule has 0 aliphatic carbocycles. The number of ether oxygens (including phenoxy) is 2. The van der Waals surface area contributed by atoms with Gasteiger partial charge in [0, 0.05) is 26.2 Å². The number of imidazole rings is 1. The normalized spacial score (nSPS) is 20.1. The molecular formula is C14H25N3O2. The van der Waals surface area contributed by atoms with E-state index in [0.29, 0.717) is 6.10 Å². The van der Waals surface area contributed by atoms with Gasteiger partial charge in [-0.2, -0.15) is 0 Å². The van der Waals surface area contributed by atoms with Crippen LogP contribution in [0.4, 0.5) is 0 Å². The topological polar surface area (TPSA) is 48.3 Å². The lowest BCUT2D eigenvalue weighted by Crippen LogP contribution is -2.34. The summed E-state index contributed by atoms with van der Waals surface area (Å²) in [4.78, 5) is 4.25. The number of aromatic nitrogens is 2. The predicted molar refractivity (Wildman–Crippen MR) is 74.1 cm³/mol. The summed E-state index contributed by atoms with van der Waals surface area (Å²) in [6, 6.07) is 0. The largest absolute Gasteiger partial charge is 0.379 e. The molecule has 1 saturated heterocycles. The third-order valence-corrected chi connectivity index (χ3v) is 3.25. The molecular weight excluding hydrogens is 242 g/mol. The molecule has 108 valence electrons. The van der Waals surface area contributed by atoms with Crippen LogP contribution in [0.25, 0.3) is 0 Å². The van der Waals surface area contributed by atoms with Gasteiger partial charge in [-0.25, -0.2) is 4.98 Å². The van der Waals surface area contributed by atoms with Crippen LogP contribution in [0.2, 0.25) is 0 Å². The van der Waals surface area contributed by atoms with Gasteiger partial charge in [0.2, 0.25) is 0 Å². The molecule has 5 heteroatoms. The molecule has 19 heavy (non-hydrogen) atoms. The van der Waals surface area contributed by atoms with Crippen LogP contribution in [0.1, 0.15) is 38.5 Å². The molecule has 1 unspecified atom stereocenters. The van der Waals surface area contributed by atoms with Crippen molar-refractivity contribution in [2.75, 3.05) is 26.3 Å². The maximum absolute atomic E-state index is 5.77. The predicted octanol–water partition coefficient (Wildman–Crippen LogP) is 1.75. The number of hydrogen-bond donors (Lipinski definition) is 1. The molecule has 0 spiro atoms. The fourth-order valence-corrected chi connectivity index (χ4v) is 2.24. The average Bonchev–Trinajstić information content (AvgIpc) is 2.87. The van der Waals surface area contributed by atoms with Crippen LogP contribution in [0.3, 0.4) is 0 Å². The van der Waals surface area contributed by atoms with Crippen molar-refractivity contribution in [1.29, 1.82) is 0 Å². The Morgan fingerprint density at radius 1 is 1.53 bits per heavy atom. The fraction of sp³-hybridized carbons (Fsp3) is 0.786. The van der Waals surface area contributed by atoms with Crippen molar-refractivity contribution in [3.05, 3.63) is 18.2 Å². The van der Waals surface area contributed by atoms with Crippen molar-refractivity contribution < 1.29 is 9.47 Å². The molecule has 0 saturated carbocycles. The van der Waals surface area contributed by atoms with E-state index in [-0.39, 0.29) is 6.10 Å². The molecule has 1 aliphatic rings. The quantitative estimate of drug-likeness (QED) is 0.765. The van der Waals surface area contributed by atoms with Crippen molar-refractivity contribution >= 4 is 0 Å². The summed E-state index contributed by atoms with van der Waals surface area (Å²) >= 11 is 0. The number of morpholine rings is 1. The van der Waals surface area contributed by atoms with Crippen molar-refractivity contribution in [1.82, 2.24) is 14.9 Å². The average molecular weight is 267 g/mol. The Labute approximate surface area is 115 Å². The Balaban J connectivity index is 1.76. The van der Waals surface area contributed by atoms with Crippen molar-refractivity contribution in [2.45, 2.75) is 45.4 Å². The second kappa shape index (κ2) is 7.62. The van der Waals surface area contributed by atoms with E-state index in [9.17, 15) is 0 Å². The zero-order valence-corrected chi connectivity index (χ0v) is 12.0.